The van der Waals surface area contributed by atoms with Gasteiger partial charge in [0.05, 0.1) is 39.4 Å². The highest BCUT2D eigenvalue weighted by atomic mass is 16.8. The molecule has 3 aliphatic heterocycles. The van der Waals surface area contributed by atoms with Gasteiger partial charge in [0.2, 0.25) is 0 Å². The summed E-state index contributed by atoms with van der Waals surface area (Å²) in [4.78, 5) is 63.5. The number of carbonyl (C=O) groups is 5. The Bertz CT molecular complexity index is 1650. The molecule has 11 atom stereocenters. The number of fused-ring (bicyclic) bond motifs is 1. The zero-order valence-electron chi connectivity index (χ0n) is 31.6. The first-order valence-corrected chi connectivity index (χ1v) is 17.9. The number of carbonyl (C=O) groups excluding carboxylic acids is 5. The van der Waals surface area contributed by atoms with E-state index in [0.29, 0.717) is 0 Å². The molecule has 0 aliphatic carbocycles. The molecule has 0 bridgehead atoms. The Balaban J connectivity index is 1.54. The summed E-state index contributed by atoms with van der Waals surface area (Å²) in [6, 6.07) is 17.2. The van der Waals surface area contributed by atoms with Crippen LogP contribution in [0.25, 0.3) is 0 Å². The highest BCUT2D eigenvalue weighted by molar-refractivity contribution is 5.79. The van der Waals surface area contributed by atoms with E-state index in [1.165, 1.54) is 7.11 Å². The number of hydrogen-bond acceptors (Lipinski definition) is 17. The molecule has 18 heteroatoms. The first-order valence-electron chi connectivity index (χ1n) is 17.9. The quantitative estimate of drug-likeness (QED) is 0.182. The van der Waals surface area contributed by atoms with Gasteiger partial charge in [0, 0.05) is 27.9 Å². The van der Waals surface area contributed by atoms with Crippen molar-refractivity contribution in [1.29, 1.82) is 0 Å². The summed E-state index contributed by atoms with van der Waals surface area (Å²) in [5.74, 6) is -6.04. The highest BCUT2D eigenvalue weighted by Gasteiger charge is 2.63. The molecule has 2 aromatic rings. The van der Waals surface area contributed by atoms with Crippen LogP contribution < -0.4 is 5.32 Å². The summed E-state index contributed by atoms with van der Waals surface area (Å²) in [7, 11) is 2.42. The second kappa shape index (κ2) is 19.4. The molecule has 0 aromatic heterocycles. The molecule has 56 heavy (non-hydrogen) atoms. The van der Waals surface area contributed by atoms with Gasteiger partial charge in [-0.25, -0.2) is 9.59 Å². The van der Waals surface area contributed by atoms with Crippen molar-refractivity contribution < 1.29 is 81.2 Å². The molecular weight excluding hydrogens is 742 g/mol. The molecule has 306 valence electrons. The Labute approximate surface area is 322 Å². The van der Waals surface area contributed by atoms with Gasteiger partial charge < -0.3 is 62.5 Å². The van der Waals surface area contributed by atoms with E-state index in [2.05, 4.69) is 5.32 Å². The molecule has 18 nitrogen and oxygen atoms in total. The number of amides is 1. The van der Waals surface area contributed by atoms with Crippen molar-refractivity contribution in [2.45, 2.75) is 107 Å². The zero-order valence-corrected chi connectivity index (χ0v) is 31.6. The van der Waals surface area contributed by atoms with Crippen LogP contribution in [0.15, 0.2) is 60.7 Å². The minimum atomic E-state index is -2.53. The van der Waals surface area contributed by atoms with Gasteiger partial charge in [-0.15, -0.1) is 0 Å². The van der Waals surface area contributed by atoms with E-state index in [-0.39, 0.29) is 19.8 Å². The van der Waals surface area contributed by atoms with E-state index in [4.69, 9.17) is 52.1 Å². The number of hydrogen-bond donors (Lipinski definition) is 2. The highest BCUT2D eigenvalue weighted by Crippen LogP contribution is 2.41. The molecule has 0 spiro atoms. The van der Waals surface area contributed by atoms with Gasteiger partial charge in [-0.3, -0.25) is 14.4 Å². The molecule has 0 saturated carbocycles. The smallest absolute Gasteiger partial charge is 0.408 e. The van der Waals surface area contributed by atoms with Crippen LogP contribution in [0.5, 0.6) is 0 Å². The lowest BCUT2D eigenvalue weighted by Crippen LogP contribution is -2.73. The first kappa shape index (κ1) is 42.5. The number of cyclic esters (lactones) is 1. The Morgan fingerprint density at radius 2 is 1.57 bits per heavy atom. The number of rotatable bonds is 16. The van der Waals surface area contributed by atoms with Crippen molar-refractivity contribution in [1.82, 2.24) is 5.32 Å². The van der Waals surface area contributed by atoms with Gasteiger partial charge in [-0.2, -0.15) is 0 Å². The van der Waals surface area contributed by atoms with Crippen LogP contribution in [0.4, 0.5) is 4.79 Å². The second-order valence-electron chi connectivity index (χ2n) is 13.3. The lowest BCUT2D eigenvalue weighted by molar-refractivity contribution is -0.375. The summed E-state index contributed by atoms with van der Waals surface area (Å²) in [6.45, 7) is 2.75. The molecule has 3 aliphatic rings. The van der Waals surface area contributed by atoms with E-state index >= 15 is 0 Å². The molecule has 1 amide bonds. The van der Waals surface area contributed by atoms with Crippen molar-refractivity contribution in [2.75, 3.05) is 27.4 Å². The summed E-state index contributed by atoms with van der Waals surface area (Å²) in [6.07, 6.45) is -14.1. The monoisotopic (exact) mass is 789 g/mol. The number of aliphatic hydroxyl groups excluding tert-OH is 1. The van der Waals surface area contributed by atoms with E-state index in [9.17, 15) is 29.1 Å². The molecule has 0 radical (unpaired) electrons. The molecular formula is C38H47NO17. The van der Waals surface area contributed by atoms with Gasteiger partial charge in [-0.1, -0.05) is 60.7 Å². The van der Waals surface area contributed by atoms with Gasteiger partial charge in [0.1, 0.15) is 43.2 Å². The number of aliphatic hydroxyl groups is 1. The zero-order chi connectivity index (χ0) is 40.4. The van der Waals surface area contributed by atoms with Crippen LogP contribution in [-0.4, -0.2) is 129 Å². The number of methoxy groups -OCH3 is 2. The maximum atomic E-state index is 14.1. The predicted octanol–water partition coefficient (Wildman–Crippen LogP) is 1.47. The van der Waals surface area contributed by atoms with Crippen LogP contribution >= 0.6 is 0 Å². The first-order chi connectivity index (χ1) is 26.8. The standard InChI is InChI=1S/C38H47NO17/c1-21(40)49-20-28(52-23(3)42)31-32-29(39-37(45)54-31)26(51-22(2)41)16-38(55-32,36(44)47-5)56-33-30(43)27(19-48-17-24-12-8-6-9-13-24)53-35(46-4)34(33)50-18-25-14-10-7-11-15-25/h6-15,26-35,43H,16-20H2,1-5H3,(H,39,45)/t26-,27+,28+,29+,30-,31+,32+,33-,34+,35-,38-/m0/s1. The van der Waals surface area contributed by atoms with E-state index in [1.807, 2.05) is 60.7 Å². The number of nitrogens with one attached hydrogen (secondary N) is 1. The summed E-state index contributed by atoms with van der Waals surface area (Å²) in [5, 5.41) is 14.5. The molecule has 0 unspecified atom stereocenters. The third kappa shape index (κ3) is 10.6. The van der Waals surface area contributed by atoms with Crippen molar-refractivity contribution in [3.05, 3.63) is 71.8 Å². The average molecular weight is 790 g/mol. The van der Waals surface area contributed by atoms with Gasteiger partial charge in [-0.05, 0) is 11.1 Å². The maximum Gasteiger partial charge on any atom is 0.408 e. The molecule has 3 saturated heterocycles. The van der Waals surface area contributed by atoms with Crippen molar-refractivity contribution >= 4 is 30.0 Å². The van der Waals surface area contributed by atoms with Crippen molar-refractivity contribution in [3.63, 3.8) is 0 Å². The molecule has 2 N–H and O–H groups in total. The van der Waals surface area contributed by atoms with Crippen LogP contribution in [-0.2, 0) is 84.5 Å². The third-order valence-corrected chi connectivity index (χ3v) is 9.21. The maximum absolute atomic E-state index is 14.1. The Morgan fingerprint density at radius 3 is 2.16 bits per heavy atom. The van der Waals surface area contributed by atoms with Crippen LogP contribution in [0, 0.1) is 0 Å². The Hall–Kier alpha value is -4.69. The minimum Gasteiger partial charge on any atom is -0.465 e. The number of esters is 4. The fourth-order valence-electron chi connectivity index (χ4n) is 6.77. The number of benzene rings is 2. The molecule has 3 fully saturated rings. The molecule has 5 rings (SSSR count). The van der Waals surface area contributed by atoms with E-state index < -0.39 is 110 Å². The van der Waals surface area contributed by atoms with Crippen molar-refractivity contribution in [3.8, 4) is 0 Å². The largest absolute Gasteiger partial charge is 0.465 e. The average Bonchev–Trinajstić information content (AvgIpc) is 3.17. The number of alkyl carbamates (subject to hydrolysis) is 1. The second-order valence-corrected chi connectivity index (χ2v) is 13.3. The summed E-state index contributed by atoms with van der Waals surface area (Å²) >= 11 is 0. The molecule has 3 heterocycles. The van der Waals surface area contributed by atoms with Gasteiger partial charge >= 0.3 is 30.0 Å². The number of ether oxygens (including phenoxy) is 11. The summed E-state index contributed by atoms with van der Waals surface area (Å²) in [5.41, 5.74) is 1.61. The molecule has 2 aromatic carbocycles. The Kier molecular flexibility index (Phi) is 14.7. The van der Waals surface area contributed by atoms with Crippen LogP contribution in [0.2, 0.25) is 0 Å². The van der Waals surface area contributed by atoms with Crippen molar-refractivity contribution in [2.24, 2.45) is 0 Å². The fraction of sp³-hybridized carbons (Fsp3) is 0.553. The minimum absolute atomic E-state index is 0.00844. The van der Waals surface area contributed by atoms with Gasteiger partial charge in [0.15, 0.2) is 18.5 Å². The van der Waals surface area contributed by atoms with E-state index in [0.717, 1.165) is 39.0 Å². The lowest BCUT2D eigenvalue weighted by atomic mass is 9.87. The fourth-order valence-corrected chi connectivity index (χ4v) is 6.77. The normalized spacial score (nSPS) is 30.4. The van der Waals surface area contributed by atoms with Crippen LogP contribution in [0.1, 0.15) is 38.3 Å². The predicted molar refractivity (Wildman–Crippen MR) is 187 cm³/mol. The summed E-state index contributed by atoms with van der Waals surface area (Å²) < 4.78 is 64.0. The Morgan fingerprint density at radius 1 is 0.911 bits per heavy atom. The van der Waals surface area contributed by atoms with E-state index in [1.54, 1.807) is 0 Å². The SMILES string of the molecule is COC(=O)[C@@]1(O[C@H]2[C@@H](O)[C@@H](COCc3ccccc3)O[C@H](OC)[C@@H]2OCc2ccccc2)C[C@H](OC(C)=O)[C@H]2NC(=O)O[C@H]([C@@H](COC(C)=O)OC(C)=O)[C@@H]2O1. The third-order valence-electron chi connectivity index (χ3n) is 9.21. The van der Waals surface area contributed by atoms with Gasteiger partial charge in [0.25, 0.3) is 5.79 Å². The lowest BCUT2D eigenvalue weighted by Gasteiger charge is -2.52. The topological polar surface area (TPSA) is 219 Å². The van der Waals surface area contributed by atoms with Crippen LogP contribution in [0.3, 0.4) is 0 Å².